The first-order valence-electron chi connectivity index (χ1n) is 11.8. The Bertz CT molecular complexity index is 1300. The summed E-state index contributed by atoms with van der Waals surface area (Å²) in [5.74, 6) is -0.864. The van der Waals surface area contributed by atoms with Crippen LogP contribution in [0.2, 0.25) is 10.0 Å². The molecule has 0 heterocycles. The van der Waals surface area contributed by atoms with Crippen LogP contribution in [0.5, 0.6) is 0 Å². The number of rotatable bonds is 11. The van der Waals surface area contributed by atoms with Crippen LogP contribution in [0, 0.1) is 0 Å². The van der Waals surface area contributed by atoms with Crippen LogP contribution in [-0.2, 0) is 26.2 Å². The van der Waals surface area contributed by atoms with Crippen LogP contribution in [0.1, 0.15) is 25.8 Å². The Labute approximate surface area is 228 Å². The van der Waals surface area contributed by atoms with Gasteiger partial charge in [0, 0.05) is 23.1 Å². The van der Waals surface area contributed by atoms with E-state index in [1.165, 1.54) is 29.2 Å². The average Bonchev–Trinajstić information content (AvgIpc) is 2.90. The van der Waals surface area contributed by atoms with E-state index in [0.29, 0.717) is 16.6 Å². The quantitative estimate of drug-likeness (QED) is 0.351. The Hall–Kier alpha value is -3.07. The molecule has 7 nitrogen and oxygen atoms in total. The first-order valence-corrected chi connectivity index (χ1v) is 14.0. The molecular weight excluding hydrogens is 533 g/mol. The molecule has 0 unspecified atom stereocenters. The molecule has 0 bridgehead atoms. The lowest BCUT2D eigenvalue weighted by molar-refractivity contribution is -0.139. The molecule has 3 aromatic rings. The van der Waals surface area contributed by atoms with Gasteiger partial charge in [-0.3, -0.25) is 13.9 Å². The number of anilines is 1. The standard InChI is InChI=1S/C27H29Cl2N3O4S/c1-3-17-30-27(34)20(2)31(18-21-9-11-22(28)12-10-21)26(33)19-32(24-15-13-23(29)14-16-24)37(35,36)25-7-5-4-6-8-25/h4-16,20H,3,17-19H2,1-2H3,(H,30,34)/t20-/m1/s1. The fraction of sp³-hybridized carbons (Fsp3) is 0.259. The maximum absolute atomic E-state index is 13.8. The number of amides is 2. The molecule has 2 amide bonds. The van der Waals surface area contributed by atoms with E-state index in [1.807, 2.05) is 6.92 Å². The van der Waals surface area contributed by atoms with Crippen molar-refractivity contribution in [3.8, 4) is 0 Å². The first-order chi connectivity index (χ1) is 17.6. The van der Waals surface area contributed by atoms with Gasteiger partial charge >= 0.3 is 0 Å². The maximum atomic E-state index is 13.8. The number of hydrogen-bond donors (Lipinski definition) is 1. The predicted octanol–water partition coefficient (Wildman–Crippen LogP) is 5.13. The van der Waals surface area contributed by atoms with Gasteiger partial charge in [-0.05, 0) is 67.4 Å². The van der Waals surface area contributed by atoms with Gasteiger partial charge in [-0.1, -0.05) is 60.5 Å². The zero-order valence-electron chi connectivity index (χ0n) is 20.6. The average molecular weight is 563 g/mol. The molecule has 0 aliphatic carbocycles. The molecule has 3 aromatic carbocycles. The lowest BCUT2D eigenvalue weighted by Gasteiger charge is -2.32. The molecule has 0 spiro atoms. The summed E-state index contributed by atoms with van der Waals surface area (Å²) in [7, 11) is -4.11. The summed E-state index contributed by atoms with van der Waals surface area (Å²) in [5.41, 5.74) is 1.02. The highest BCUT2D eigenvalue weighted by atomic mass is 35.5. The van der Waals surface area contributed by atoms with Crippen molar-refractivity contribution in [3.05, 3.63) is 94.5 Å². The molecule has 37 heavy (non-hydrogen) atoms. The number of benzene rings is 3. The molecule has 3 rings (SSSR count). The predicted molar refractivity (Wildman–Crippen MR) is 147 cm³/mol. The Balaban J connectivity index is 1.99. The molecular formula is C27H29Cl2N3O4S. The summed E-state index contributed by atoms with van der Waals surface area (Å²) < 4.78 is 28.3. The minimum Gasteiger partial charge on any atom is -0.354 e. The minimum atomic E-state index is -4.11. The second-order valence-electron chi connectivity index (χ2n) is 8.42. The van der Waals surface area contributed by atoms with Crippen molar-refractivity contribution in [1.82, 2.24) is 10.2 Å². The number of hydrogen-bond acceptors (Lipinski definition) is 4. The highest BCUT2D eigenvalue weighted by Gasteiger charge is 2.32. The minimum absolute atomic E-state index is 0.0377. The van der Waals surface area contributed by atoms with Gasteiger partial charge in [-0.2, -0.15) is 0 Å². The summed E-state index contributed by atoms with van der Waals surface area (Å²) in [5, 5.41) is 3.78. The third-order valence-corrected chi connectivity index (χ3v) is 8.00. The van der Waals surface area contributed by atoms with E-state index in [2.05, 4.69) is 5.32 Å². The van der Waals surface area contributed by atoms with Crippen molar-refractivity contribution >= 4 is 50.7 Å². The van der Waals surface area contributed by atoms with E-state index in [4.69, 9.17) is 23.2 Å². The number of nitrogens with zero attached hydrogens (tertiary/aromatic N) is 2. The fourth-order valence-electron chi connectivity index (χ4n) is 3.62. The molecule has 196 valence electrons. The molecule has 0 aliphatic rings. The fourth-order valence-corrected chi connectivity index (χ4v) is 5.31. The Morgan fingerprint density at radius 2 is 1.46 bits per heavy atom. The molecule has 0 saturated heterocycles. The van der Waals surface area contributed by atoms with Crippen LogP contribution in [0.15, 0.2) is 83.8 Å². The zero-order valence-corrected chi connectivity index (χ0v) is 22.9. The van der Waals surface area contributed by atoms with Crippen molar-refractivity contribution in [2.45, 2.75) is 37.8 Å². The second kappa shape index (κ2) is 12.9. The molecule has 0 aliphatic heterocycles. The van der Waals surface area contributed by atoms with Crippen molar-refractivity contribution in [2.24, 2.45) is 0 Å². The largest absolute Gasteiger partial charge is 0.354 e. The third-order valence-electron chi connectivity index (χ3n) is 5.71. The van der Waals surface area contributed by atoms with Gasteiger partial charge in [0.15, 0.2) is 0 Å². The summed E-state index contributed by atoms with van der Waals surface area (Å²) in [6.07, 6.45) is 0.739. The Morgan fingerprint density at radius 3 is 2.03 bits per heavy atom. The van der Waals surface area contributed by atoms with Crippen molar-refractivity contribution in [3.63, 3.8) is 0 Å². The second-order valence-corrected chi connectivity index (χ2v) is 11.2. The summed E-state index contributed by atoms with van der Waals surface area (Å²) in [6, 6.07) is 20.1. The van der Waals surface area contributed by atoms with E-state index in [9.17, 15) is 18.0 Å². The number of carbonyl (C=O) groups is 2. The van der Waals surface area contributed by atoms with Crippen LogP contribution in [0.3, 0.4) is 0 Å². The molecule has 0 radical (unpaired) electrons. The number of carbonyl (C=O) groups excluding carboxylic acids is 2. The normalized spacial score (nSPS) is 12.0. The highest BCUT2D eigenvalue weighted by Crippen LogP contribution is 2.26. The van der Waals surface area contributed by atoms with Gasteiger partial charge < -0.3 is 10.2 Å². The monoisotopic (exact) mass is 561 g/mol. The summed E-state index contributed by atoms with van der Waals surface area (Å²) in [4.78, 5) is 28.0. The van der Waals surface area contributed by atoms with E-state index in [1.54, 1.807) is 61.5 Å². The number of halogens is 2. The van der Waals surface area contributed by atoms with Crippen molar-refractivity contribution in [2.75, 3.05) is 17.4 Å². The van der Waals surface area contributed by atoms with Crippen LogP contribution in [0.25, 0.3) is 0 Å². The maximum Gasteiger partial charge on any atom is 0.264 e. The van der Waals surface area contributed by atoms with Gasteiger partial charge in [0.05, 0.1) is 10.6 Å². The lowest BCUT2D eigenvalue weighted by Crippen LogP contribution is -2.51. The van der Waals surface area contributed by atoms with Gasteiger partial charge in [-0.15, -0.1) is 0 Å². The van der Waals surface area contributed by atoms with Crippen molar-refractivity contribution in [1.29, 1.82) is 0 Å². The topological polar surface area (TPSA) is 86.8 Å². The molecule has 0 fully saturated rings. The first kappa shape index (κ1) is 28.5. The van der Waals surface area contributed by atoms with E-state index in [-0.39, 0.29) is 23.0 Å². The van der Waals surface area contributed by atoms with Crippen LogP contribution < -0.4 is 9.62 Å². The lowest BCUT2D eigenvalue weighted by atomic mass is 10.1. The number of sulfonamides is 1. The molecule has 1 atom stereocenters. The Kier molecular flexibility index (Phi) is 9.97. The smallest absolute Gasteiger partial charge is 0.264 e. The van der Waals surface area contributed by atoms with Crippen molar-refractivity contribution < 1.29 is 18.0 Å². The van der Waals surface area contributed by atoms with E-state index < -0.39 is 28.5 Å². The summed E-state index contributed by atoms with van der Waals surface area (Å²) in [6.45, 7) is 3.59. The molecule has 0 aromatic heterocycles. The van der Waals surface area contributed by atoms with Crippen LogP contribution in [0.4, 0.5) is 5.69 Å². The van der Waals surface area contributed by atoms with Gasteiger partial charge in [0.2, 0.25) is 11.8 Å². The third kappa shape index (κ3) is 7.47. The molecule has 10 heteroatoms. The molecule has 1 N–H and O–H groups in total. The van der Waals surface area contributed by atoms with Gasteiger partial charge in [-0.25, -0.2) is 8.42 Å². The van der Waals surface area contributed by atoms with Crippen LogP contribution in [-0.4, -0.2) is 44.3 Å². The van der Waals surface area contributed by atoms with Gasteiger partial charge in [0.25, 0.3) is 10.0 Å². The van der Waals surface area contributed by atoms with E-state index in [0.717, 1.165) is 16.3 Å². The number of nitrogens with one attached hydrogen (secondary N) is 1. The SMILES string of the molecule is CCCNC(=O)[C@@H](C)N(Cc1ccc(Cl)cc1)C(=O)CN(c1ccc(Cl)cc1)S(=O)(=O)c1ccccc1. The highest BCUT2D eigenvalue weighted by molar-refractivity contribution is 7.92. The van der Waals surface area contributed by atoms with E-state index >= 15 is 0 Å². The Morgan fingerprint density at radius 1 is 0.892 bits per heavy atom. The summed E-state index contributed by atoms with van der Waals surface area (Å²) >= 11 is 12.0. The van der Waals surface area contributed by atoms with Crippen LogP contribution >= 0.6 is 23.2 Å². The zero-order chi connectivity index (χ0) is 27.0. The van der Waals surface area contributed by atoms with Gasteiger partial charge in [0.1, 0.15) is 12.6 Å². The molecule has 0 saturated carbocycles.